The second-order valence-electron chi connectivity index (χ2n) is 8.48. The third kappa shape index (κ3) is 5.22. The van der Waals surface area contributed by atoms with Crippen LogP contribution in [0.25, 0.3) is 22.0 Å². The van der Waals surface area contributed by atoms with Crippen LogP contribution in [0.15, 0.2) is 115 Å². The summed E-state index contributed by atoms with van der Waals surface area (Å²) >= 11 is 0. The number of halogens is 1. The lowest BCUT2D eigenvalue weighted by Crippen LogP contribution is -3.00. The molecule has 0 bridgehead atoms. The summed E-state index contributed by atoms with van der Waals surface area (Å²) in [6.07, 6.45) is 0.0971. The summed E-state index contributed by atoms with van der Waals surface area (Å²) in [4.78, 5) is 18.4. The first-order valence-electron chi connectivity index (χ1n) is 12.0. The molecule has 0 saturated carbocycles. The molecular formula is C31H26ClNO3P-. The van der Waals surface area contributed by atoms with Crippen molar-refractivity contribution in [2.45, 2.75) is 13.1 Å². The average Bonchev–Trinajstić information content (AvgIpc) is 2.94. The van der Waals surface area contributed by atoms with Gasteiger partial charge in [0.05, 0.1) is 29.5 Å². The van der Waals surface area contributed by atoms with Gasteiger partial charge in [-0.2, -0.15) is 0 Å². The molecule has 4 aromatic carbocycles. The van der Waals surface area contributed by atoms with Crippen molar-refractivity contribution in [2.24, 2.45) is 0 Å². The van der Waals surface area contributed by atoms with E-state index in [1.807, 2.05) is 115 Å². The number of carbonyl (C=O) groups is 1. The topological polar surface area (TPSA) is 56.3 Å². The molecular weight excluding hydrogens is 501 g/mol. The molecule has 0 aliphatic carbocycles. The van der Waals surface area contributed by atoms with E-state index in [0.29, 0.717) is 11.3 Å². The zero-order valence-electron chi connectivity index (χ0n) is 20.4. The highest BCUT2D eigenvalue weighted by Crippen LogP contribution is 2.48. The van der Waals surface area contributed by atoms with E-state index in [1.54, 1.807) is 6.92 Å². The molecule has 37 heavy (non-hydrogen) atoms. The van der Waals surface area contributed by atoms with E-state index in [-0.39, 0.29) is 25.2 Å². The van der Waals surface area contributed by atoms with Crippen molar-refractivity contribution < 1.29 is 26.5 Å². The van der Waals surface area contributed by atoms with E-state index >= 15 is 0 Å². The van der Waals surface area contributed by atoms with Crippen LogP contribution in [0.4, 0.5) is 0 Å². The highest BCUT2D eigenvalue weighted by molar-refractivity contribution is 7.78. The van der Waals surface area contributed by atoms with Crippen LogP contribution in [0.5, 0.6) is 0 Å². The fraction of sp³-hybridized carbons (Fsp3) is 0.0968. The number of benzene rings is 4. The Balaban J connectivity index is 0.00000320. The van der Waals surface area contributed by atoms with E-state index in [4.69, 9.17) is 9.72 Å². The summed E-state index contributed by atoms with van der Waals surface area (Å²) in [6, 6.07) is 36.4. The van der Waals surface area contributed by atoms with Gasteiger partial charge in [-0.05, 0) is 18.6 Å². The molecule has 1 aromatic heterocycles. The Morgan fingerprint density at radius 3 is 1.84 bits per heavy atom. The monoisotopic (exact) mass is 526 g/mol. The van der Waals surface area contributed by atoms with Crippen LogP contribution in [0, 0.1) is 0 Å². The molecule has 186 valence electrons. The van der Waals surface area contributed by atoms with E-state index in [0.717, 1.165) is 32.6 Å². The van der Waals surface area contributed by atoms with Crippen molar-refractivity contribution in [3.8, 4) is 11.1 Å². The van der Waals surface area contributed by atoms with Crippen LogP contribution >= 0.6 is 7.14 Å². The Morgan fingerprint density at radius 2 is 1.27 bits per heavy atom. The first kappa shape index (κ1) is 26.3. The van der Waals surface area contributed by atoms with Gasteiger partial charge in [0.2, 0.25) is 0 Å². The standard InChI is InChI=1S/C31H26NO3P.ClH/c1-2-35-31(33)30-28(22-36(34,24-16-8-4-9-17-24)25-18-10-5-11-19-25)32-27-21-13-12-20-26(27)29(30)23-14-6-3-7-15-23;/h3-21H,2,22H2,1H3;1H/p-1. The summed E-state index contributed by atoms with van der Waals surface area (Å²) in [5, 5.41) is 2.30. The van der Waals surface area contributed by atoms with Gasteiger partial charge < -0.3 is 21.7 Å². The lowest BCUT2D eigenvalue weighted by molar-refractivity contribution is -0.0000267. The smallest absolute Gasteiger partial charge is 0.340 e. The van der Waals surface area contributed by atoms with Crippen LogP contribution in [0.2, 0.25) is 0 Å². The van der Waals surface area contributed by atoms with E-state index in [2.05, 4.69) is 0 Å². The molecule has 0 aliphatic heterocycles. The fourth-order valence-electron chi connectivity index (χ4n) is 4.59. The number of hydrogen-bond acceptors (Lipinski definition) is 4. The van der Waals surface area contributed by atoms with Gasteiger partial charge >= 0.3 is 5.97 Å². The lowest BCUT2D eigenvalue weighted by Gasteiger charge is -2.22. The SMILES string of the molecule is CCOC(=O)c1c(CP(=O)(c2ccccc2)c2ccccc2)nc2ccccc2c1-c1ccccc1.[Cl-]. The van der Waals surface area contributed by atoms with Gasteiger partial charge in [0.15, 0.2) is 0 Å². The Bertz CT molecular complexity index is 1510. The normalized spacial score (nSPS) is 11.1. The van der Waals surface area contributed by atoms with Crippen molar-refractivity contribution in [3.63, 3.8) is 0 Å². The summed E-state index contributed by atoms with van der Waals surface area (Å²) in [5.74, 6) is -0.461. The van der Waals surface area contributed by atoms with E-state index < -0.39 is 13.1 Å². The highest BCUT2D eigenvalue weighted by Gasteiger charge is 2.32. The van der Waals surface area contributed by atoms with Crippen molar-refractivity contribution in [1.29, 1.82) is 0 Å². The van der Waals surface area contributed by atoms with Gasteiger partial charge in [0, 0.05) is 21.6 Å². The minimum absolute atomic E-state index is 0. The molecule has 0 aliphatic rings. The van der Waals surface area contributed by atoms with Gasteiger partial charge in [-0.15, -0.1) is 0 Å². The van der Waals surface area contributed by atoms with Gasteiger partial charge in [0.25, 0.3) is 0 Å². The molecule has 0 atom stereocenters. The van der Waals surface area contributed by atoms with Gasteiger partial charge in [0.1, 0.15) is 7.14 Å². The zero-order valence-corrected chi connectivity index (χ0v) is 22.0. The van der Waals surface area contributed by atoms with Crippen LogP contribution in [0.1, 0.15) is 23.0 Å². The Labute approximate surface area is 223 Å². The molecule has 0 amide bonds. The first-order valence-corrected chi connectivity index (χ1v) is 13.9. The summed E-state index contributed by atoms with van der Waals surface area (Å²) < 4.78 is 20.4. The first-order chi connectivity index (χ1) is 17.6. The number of para-hydroxylation sites is 1. The Kier molecular flexibility index (Phi) is 8.23. The Hall–Kier alpha value is -3.72. The van der Waals surface area contributed by atoms with Gasteiger partial charge in [-0.25, -0.2) is 4.79 Å². The van der Waals surface area contributed by atoms with E-state index in [1.165, 1.54) is 0 Å². The molecule has 5 rings (SSSR count). The minimum atomic E-state index is -3.19. The Morgan fingerprint density at radius 1 is 0.757 bits per heavy atom. The molecule has 0 N–H and O–H groups in total. The maximum atomic E-state index is 14.9. The largest absolute Gasteiger partial charge is 1.00 e. The molecule has 0 spiro atoms. The predicted octanol–water partition coefficient (Wildman–Crippen LogP) is 3.60. The summed E-state index contributed by atoms with van der Waals surface area (Å²) in [5.41, 5.74) is 3.22. The molecule has 0 saturated heterocycles. The second-order valence-corrected chi connectivity index (χ2v) is 11.3. The third-order valence-electron chi connectivity index (χ3n) is 6.23. The average molecular weight is 527 g/mol. The highest BCUT2D eigenvalue weighted by atomic mass is 35.5. The molecule has 0 fully saturated rings. The van der Waals surface area contributed by atoms with Crippen molar-refractivity contribution in [3.05, 3.63) is 127 Å². The van der Waals surface area contributed by atoms with Crippen LogP contribution in [-0.4, -0.2) is 17.6 Å². The van der Waals surface area contributed by atoms with E-state index in [9.17, 15) is 9.36 Å². The zero-order chi connectivity index (χ0) is 25.0. The number of pyridine rings is 1. The third-order valence-corrected chi connectivity index (χ3v) is 9.24. The van der Waals surface area contributed by atoms with Gasteiger partial charge in [-0.1, -0.05) is 109 Å². The van der Waals surface area contributed by atoms with Crippen molar-refractivity contribution in [1.82, 2.24) is 4.98 Å². The molecule has 6 heteroatoms. The lowest BCUT2D eigenvalue weighted by atomic mass is 9.94. The maximum Gasteiger partial charge on any atom is 0.340 e. The van der Waals surface area contributed by atoms with Gasteiger partial charge in [-0.3, -0.25) is 4.98 Å². The predicted molar refractivity (Wildman–Crippen MR) is 147 cm³/mol. The molecule has 5 aromatic rings. The number of carbonyl (C=O) groups excluding carboxylic acids is 1. The number of aromatic nitrogens is 1. The minimum Gasteiger partial charge on any atom is -1.00 e. The number of rotatable bonds is 7. The number of fused-ring (bicyclic) bond motifs is 1. The molecule has 0 radical (unpaired) electrons. The molecule has 1 heterocycles. The summed E-state index contributed by atoms with van der Waals surface area (Å²) in [7, 11) is -3.19. The van der Waals surface area contributed by atoms with Crippen molar-refractivity contribution in [2.75, 3.05) is 6.61 Å². The number of hydrogen-bond donors (Lipinski definition) is 0. The number of esters is 1. The quantitative estimate of drug-likeness (QED) is 0.240. The molecule has 0 unspecified atom stereocenters. The number of ether oxygens (including phenoxy) is 1. The van der Waals surface area contributed by atoms with Crippen LogP contribution in [0.3, 0.4) is 0 Å². The maximum absolute atomic E-state index is 14.9. The number of nitrogens with zero attached hydrogens (tertiary/aromatic N) is 1. The summed E-state index contributed by atoms with van der Waals surface area (Å²) in [6.45, 7) is 2.02. The van der Waals surface area contributed by atoms with Crippen LogP contribution in [-0.2, 0) is 15.5 Å². The van der Waals surface area contributed by atoms with Crippen LogP contribution < -0.4 is 23.0 Å². The fourth-order valence-corrected chi connectivity index (χ4v) is 7.21. The second kappa shape index (κ2) is 11.6. The molecule has 4 nitrogen and oxygen atoms in total. The van der Waals surface area contributed by atoms with Crippen molar-refractivity contribution >= 4 is 34.6 Å².